The van der Waals surface area contributed by atoms with E-state index in [-0.39, 0.29) is 11.5 Å². The van der Waals surface area contributed by atoms with Crippen LogP contribution in [0.5, 0.6) is 0 Å². The van der Waals surface area contributed by atoms with Gasteiger partial charge in [-0.15, -0.1) is 11.3 Å². The van der Waals surface area contributed by atoms with Gasteiger partial charge in [-0.05, 0) is 24.0 Å². The lowest BCUT2D eigenvalue weighted by Crippen LogP contribution is -2.39. The summed E-state index contributed by atoms with van der Waals surface area (Å²) in [5.74, 6) is 0.174. The monoisotopic (exact) mass is 452 g/mol. The summed E-state index contributed by atoms with van der Waals surface area (Å²) in [6.45, 7) is 6.03. The van der Waals surface area contributed by atoms with Crippen molar-refractivity contribution in [3.05, 3.63) is 63.0 Å². The molecule has 4 heterocycles. The fourth-order valence-electron chi connectivity index (χ4n) is 4.52. The Bertz CT molecular complexity index is 1150. The molecular weight excluding hydrogens is 424 g/mol. The Balaban J connectivity index is 1.28. The summed E-state index contributed by atoms with van der Waals surface area (Å²) in [6, 6.07) is 10.1. The van der Waals surface area contributed by atoms with Gasteiger partial charge in [0.15, 0.2) is 0 Å². The number of morpholine rings is 1. The van der Waals surface area contributed by atoms with Crippen LogP contribution in [0.4, 0.5) is 0 Å². The van der Waals surface area contributed by atoms with Crippen LogP contribution >= 0.6 is 11.3 Å². The van der Waals surface area contributed by atoms with E-state index in [4.69, 9.17) is 4.74 Å². The van der Waals surface area contributed by atoms with Crippen LogP contribution in [-0.4, -0.2) is 64.7 Å². The number of rotatable bonds is 6. The van der Waals surface area contributed by atoms with Gasteiger partial charge in [0.1, 0.15) is 4.83 Å². The molecule has 2 aliphatic rings. The van der Waals surface area contributed by atoms with Crippen LogP contribution in [0.3, 0.4) is 0 Å². The molecule has 32 heavy (non-hydrogen) atoms. The normalized spacial score (nSPS) is 16.9. The number of thiophene rings is 1. The van der Waals surface area contributed by atoms with Gasteiger partial charge in [-0.25, -0.2) is 4.98 Å². The zero-order chi connectivity index (χ0) is 21.9. The maximum atomic E-state index is 13.2. The number of fused-ring (bicyclic) bond motifs is 3. The van der Waals surface area contributed by atoms with Crippen LogP contribution in [0.2, 0.25) is 0 Å². The van der Waals surface area contributed by atoms with Crippen molar-refractivity contribution in [2.75, 3.05) is 39.4 Å². The highest BCUT2D eigenvalue weighted by atomic mass is 32.1. The number of nitrogens with zero attached hydrogens (tertiary/aromatic N) is 4. The Morgan fingerprint density at radius 2 is 1.91 bits per heavy atom. The number of hydrogen-bond acceptors (Lipinski definition) is 6. The van der Waals surface area contributed by atoms with Crippen LogP contribution in [0.1, 0.15) is 22.4 Å². The number of aromatic nitrogens is 2. The van der Waals surface area contributed by atoms with E-state index in [2.05, 4.69) is 22.0 Å². The van der Waals surface area contributed by atoms with Gasteiger partial charge in [0, 0.05) is 44.0 Å². The lowest BCUT2D eigenvalue weighted by Gasteiger charge is -2.27. The van der Waals surface area contributed by atoms with Gasteiger partial charge >= 0.3 is 0 Å². The molecule has 0 aliphatic carbocycles. The highest BCUT2D eigenvalue weighted by molar-refractivity contribution is 7.18. The number of carbonyl (C=O) groups excluding carboxylic acids is 1. The Labute approximate surface area is 191 Å². The van der Waals surface area contributed by atoms with Gasteiger partial charge in [-0.2, -0.15) is 0 Å². The summed E-state index contributed by atoms with van der Waals surface area (Å²) in [5, 5.41) is 0.755. The predicted octanol–water partition coefficient (Wildman–Crippen LogP) is 2.31. The van der Waals surface area contributed by atoms with Crippen LogP contribution in [-0.2, 0) is 35.5 Å². The molecule has 2 aliphatic heterocycles. The molecule has 1 aromatic carbocycles. The van der Waals surface area contributed by atoms with E-state index in [1.54, 1.807) is 22.2 Å². The highest BCUT2D eigenvalue weighted by Gasteiger charge is 2.26. The lowest BCUT2D eigenvalue weighted by molar-refractivity contribution is -0.132. The van der Waals surface area contributed by atoms with E-state index in [0.717, 1.165) is 66.3 Å². The summed E-state index contributed by atoms with van der Waals surface area (Å²) in [6.07, 6.45) is 3.66. The van der Waals surface area contributed by atoms with Gasteiger partial charge in [0.05, 0.1) is 31.5 Å². The largest absolute Gasteiger partial charge is 0.379 e. The molecule has 0 radical (unpaired) electrons. The molecule has 0 atom stereocenters. The molecule has 0 spiro atoms. The minimum Gasteiger partial charge on any atom is -0.379 e. The predicted molar refractivity (Wildman–Crippen MR) is 125 cm³/mol. The third kappa shape index (κ3) is 4.48. The summed E-state index contributed by atoms with van der Waals surface area (Å²) in [4.78, 5) is 36.7. The topological polar surface area (TPSA) is 67.7 Å². The first kappa shape index (κ1) is 21.3. The van der Waals surface area contributed by atoms with E-state index >= 15 is 0 Å². The van der Waals surface area contributed by atoms with Crippen molar-refractivity contribution in [2.45, 2.75) is 32.4 Å². The van der Waals surface area contributed by atoms with Crippen molar-refractivity contribution < 1.29 is 9.53 Å². The molecule has 5 rings (SSSR count). The zero-order valence-corrected chi connectivity index (χ0v) is 19.0. The average molecular weight is 453 g/mol. The minimum atomic E-state index is 0.0459. The number of amides is 1. The third-order valence-corrected chi connectivity index (χ3v) is 7.54. The van der Waals surface area contributed by atoms with Crippen molar-refractivity contribution in [3.8, 4) is 0 Å². The van der Waals surface area contributed by atoms with Gasteiger partial charge in [-0.3, -0.25) is 19.1 Å². The van der Waals surface area contributed by atoms with E-state index in [1.165, 1.54) is 5.56 Å². The fourth-order valence-corrected chi connectivity index (χ4v) is 5.71. The first-order valence-electron chi connectivity index (χ1n) is 11.3. The Morgan fingerprint density at radius 3 is 2.72 bits per heavy atom. The van der Waals surface area contributed by atoms with Gasteiger partial charge in [-0.1, -0.05) is 30.3 Å². The van der Waals surface area contributed by atoms with Gasteiger partial charge < -0.3 is 9.64 Å². The molecule has 3 aromatic rings. The minimum absolute atomic E-state index is 0.0459. The molecule has 1 saturated heterocycles. The molecule has 2 aromatic heterocycles. The second-order valence-electron chi connectivity index (χ2n) is 8.43. The molecule has 8 heteroatoms. The quantitative estimate of drug-likeness (QED) is 0.574. The molecule has 0 unspecified atom stereocenters. The van der Waals surface area contributed by atoms with E-state index in [0.29, 0.717) is 26.1 Å². The summed E-state index contributed by atoms with van der Waals surface area (Å²) >= 11 is 1.56. The fraction of sp³-hybridized carbons (Fsp3) is 0.458. The maximum absolute atomic E-state index is 13.2. The second-order valence-corrected chi connectivity index (χ2v) is 9.52. The zero-order valence-electron chi connectivity index (χ0n) is 18.2. The van der Waals surface area contributed by atoms with Crippen molar-refractivity contribution in [2.24, 2.45) is 0 Å². The summed E-state index contributed by atoms with van der Waals surface area (Å²) in [7, 11) is 0. The number of carbonyl (C=O) groups is 1. The van der Waals surface area contributed by atoms with E-state index in [1.807, 2.05) is 23.1 Å². The first-order valence-corrected chi connectivity index (χ1v) is 12.1. The van der Waals surface area contributed by atoms with Crippen LogP contribution in [0, 0.1) is 0 Å². The number of ether oxygens (including phenoxy) is 1. The molecule has 0 saturated carbocycles. The standard InChI is InChI=1S/C24H28N4O3S/c29-21(7-6-18-4-2-1-3-5-18)27-9-8-19-20(16-27)32-23-22(19)24(30)28(17-25-23)11-10-26-12-14-31-15-13-26/h1-5,17H,6-16H2. The molecule has 1 fully saturated rings. The SMILES string of the molecule is O=C(CCc1ccccc1)N1CCc2c(sc3ncn(CCN4CCOCC4)c(=O)c23)C1. The van der Waals surface area contributed by atoms with E-state index in [9.17, 15) is 9.59 Å². The number of hydrogen-bond donors (Lipinski definition) is 0. The number of benzene rings is 1. The molecule has 168 valence electrons. The smallest absolute Gasteiger partial charge is 0.262 e. The second kappa shape index (κ2) is 9.52. The van der Waals surface area contributed by atoms with Crippen LogP contribution in [0.15, 0.2) is 41.5 Å². The van der Waals surface area contributed by atoms with Crippen LogP contribution < -0.4 is 5.56 Å². The summed E-state index contributed by atoms with van der Waals surface area (Å²) in [5.41, 5.74) is 2.32. The number of aryl methyl sites for hydroxylation is 1. The summed E-state index contributed by atoms with van der Waals surface area (Å²) < 4.78 is 7.14. The third-order valence-electron chi connectivity index (χ3n) is 6.41. The molecule has 0 bridgehead atoms. The Kier molecular flexibility index (Phi) is 6.34. The lowest BCUT2D eigenvalue weighted by atomic mass is 10.0. The van der Waals surface area contributed by atoms with E-state index < -0.39 is 0 Å². The molecule has 7 nitrogen and oxygen atoms in total. The van der Waals surface area contributed by atoms with Crippen molar-refractivity contribution in [3.63, 3.8) is 0 Å². The van der Waals surface area contributed by atoms with Gasteiger partial charge in [0.25, 0.3) is 5.56 Å². The Hall–Kier alpha value is -2.55. The molecule has 1 amide bonds. The van der Waals surface area contributed by atoms with Crippen molar-refractivity contribution in [1.82, 2.24) is 19.4 Å². The van der Waals surface area contributed by atoms with Crippen molar-refractivity contribution >= 4 is 27.5 Å². The Morgan fingerprint density at radius 1 is 1.09 bits per heavy atom. The molecular formula is C24H28N4O3S. The van der Waals surface area contributed by atoms with Gasteiger partial charge in [0.2, 0.25) is 5.91 Å². The highest BCUT2D eigenvalue weighted by Crippen LogP contribution is 2.32. The van der Waals surface area contributed by atoms with Crippen molar-refractivity contribution in [1.29, 1.82) is 0 Å². The molecule has 0 N–H and O–H groups in total. The first-order chi connectivity index (χ1) is 15.7. The maximum Gasteiger partial charge on any atom is 0.262 e. The average Bonchev–Trinajstić information content (AvgIpc) is 3.22. The van der Waals surface area contributed by atoms with Crippen LogP contribution in [0.25, 0.3) is 10.2 Å².